The first-order chi connectivity index (χ1) is 12.3. The molecule has 3 rings (SSSR count). The molecule has 1 aromatic carbocycles. The van der Waals surface area contributed by atoms with E-state index in [1.165, 1.54) is 15.0 Å². The maximum Gasteiger partial charge on any atom is 0.293 e. The monoisotopic (exact) mass is 396 g/mol. The Kier molecular flexibility index (Phi) is 7.76. The Hall–Kier alpha value is -1.28. The van der Waals surface area contributed by atoms with Crippen LogP contribution in [0.5, 0.6) is 5.75 Å². The Balaban J connectivity index is 0.000000298. The molecule has 1 saturated heterocycles. The first-order valence-corrected chi connectivity index (χ1v) is 10.3. The molecule has 0 aliphatic carbocycles. The molecule has 0 spiro atoms. The largest absolute Gasteiger partial charge is 0.495 e. The van der Waals surface area contributed by atoms with Crippen LogP contribution in [-0.2, 0) is 9.53 Å². The molecular formula is C19H28N2O3S2. The Bertz CT molecular complexity index is 704. The third-order valence-electron chi connectivity index (χ3n) is 3.84. The van der Waals surface area contributed by atoms with Gasteiger partial charge in [0.25, 0.3) is 6.47 Å². The van der Waals surface area contributed by atoms with Crippen LogP contribution in [0.2, 0.25) is 0 Å². The van der Waals surface area contributed by atoms with Gasteiger partial charge in [0, 0.05) is 41.8 Å². The summed E-state index contributed by atoms with van der Waals surface area (Å²) in [5.74, 6) is 0.979. The van der Waals surface area contributed by atoms with Gasteiger partial charge in [-0.2, -0.15) is 0 Å². The van der Waals surface area contributed by atoms with Crippen LogP contribution in [0.3, 0.4) is 0 Å². The maximum atomic E-state index is 9.60. The predicted molar refractivity (Wildman–Crippen MR) is 110 cm³/mol. The van der Waals surface area contributed by atoms with Crippen molar-refractivity contribution in [1.29, 1.82) is 0 Å². The molecule has 7 heteroatoms. The summed E-state index contributed by atoms with van der Waals surface area (Å²) in [5, 5.41) is 3.56. The fraction of sp³-hybridized carbons (Fsp3) is 0.526. The van der Waals surface area contributed by atoms with Crippen molar-refractivity contribution in [2.45, 2.75) is 31.3 Å². The number of piperazine rings is 1. The van der Waals surface area contributed by atoms with E-state index in [1.807, 2.05) is 38.8 Å². The van der Waals surface area contributed by atoms with Gasteiger partial charge in [0.2, 0.25) is 0 Å². The van der Waals surface area contributed by atoms with Crippen LogP contribution in [0.4, 0.5) is 0 Å². The molecule has 26 heavy (non-hydrogen) atoms. The van der Waals surface area contributed by atoms with Crippen LogP contribution in [0.15, 0.2) is 28.5 Å². The first-order valence-electron chi connectivity index (χ1n) is 8.61. The molecule has 0 radical (unpaired) electrons. The second kappa shape index (κ2) is 9.60. The summed E-state index contributed by atoms with van der Waals surface area (Å²) in [6.45, 7) is 10.5. The number of ether oxygens (including phenoxy) is 2. The normalized spacial score (nSPS) is 16.0. The summed E-state index contributed by atoms with van der Waals surface area (Å²) >= 11 is 3.65. The zero-order chi connectivity index (χ0) is 19.2. The number of likely N-dealkylation sites (N-methyl/N-ethyl adjacent to an activating group) is 1. The van der Waals surface area contributed by atoms with Gasteiger partial charge >= 0.3 is 0 Å². The maximum absolute atomic E-state index is 9.60. The van der Waals surface area contributed by atoms with E-state index in [-0.39, 0.29) is 5.60 Å². The highest BCUT2D eigenvalue weighted by atomic mass is 32.2. The molecule has 5 nitrogen and oxygen atoms in total. The molecule has 2 aromatic rings. The minimum atomic E-state index is -0.318. The minimum absolute atomic E-state index is 0.318. The van der Waals surface area contributed by atoms with Crippen molar-refractivity contribution in [3.63, 3.8) is 0 Å². The highest BCUT2D eigenvalue weighted by Gasteiger charge is 2.17. The molecule has 1 aliphatic heterocycles. The number of carbonyl (C=O) groups excluding carboxylic acids is 1. The molecule has 0 saturated carbocycles. The highest BCUT2D eigenvalue weighted by Crippen LogP contribution is 2.39. The summed E-state index contributed by atoms with van der Waals surface area (Å²) in [5.41, 5.74) is -0.318. The summed E-state index contributed by atoms with van der Waals surface area (Å²) in [7, 11) is 3.93. The Morgan fingerprint density at radius 2 is 1.88 bits per heavy atom. The molecule has 0 amide bonds. The number of hydrogen-bond acceptors (Lipinski definition) is 7. The zero-order valence-corrected chi connectivity index (χ0v) is 17.8. The Morgan fingerprint density at radius 1 is 1.19 bits per heavy atom. The third-order valence-corrected chi connectivity index (χ3v) is 6.16. The number of methoxy groups -OCH3 is 1. The molecule has 1 aromatic heterocycles. The summed E-state index contributed by atoms with van der Waals surface area (Å²) in [6, 6.07) is 6.29. The number of rotatable bonds is 4. The summed E-state index contributed by atoms with van der Waals surface area (Å²) in [6.07, 6.45) is 0. The van der Waals surface area contributed by atoms with E-state index < -0.39 is 0 Å². The van der Waals surface area contributed by atoms with Gasteiger partial charge in [0.05, 0.1) is 11.8 Å². The van der Waals surface area contributed by atoms with Crippen molar-refractivity contribution < 1.29 is 14.3 Å². The van der Waals surface area contributed by atoms with Crippen molar-refractivity contribution >= 4 is 39.8 Å². The van der Waals surface area contributed by atoms with Crippen LogP contribution >= 0.6 is 23.3 Å². The van der Waals surface area contributed by atoms with Gasteiger partial charge in [-0.1, -0.05) is 12.1 Å². The van der Waals surface area contributed by atoms with Gasteiger partial charge < -0.3 is 14.4 Å². The van der Waals surface area contributed by atoms with Crippen molar-refractivity contribution in [1.82, 2.24) is 9.21 Å². The molecule has 0 unspecified atom stereocenters. The zero-order valence-electron chi connectivity index (χ0n) is 16.2. The van der Waals surface area contributed by atoms with Gasteiger partial charge in [-0.3, -0.25) is 4.79 Å². The van der Waals surface area contributed by atoms with E-state index in [0.29, 0.717) is 6.47 Å². The van der Waals surface area contributed by atoms with Crippen molar-refractivity contribution in [2.24, 2.45) is 0 Å². The SMILES string of the molecule is CC(C)(C)OC=O.COc1cccc2c(SN3CCN(C)CC3)csc12. The van der Waals surface area contributed by atoms with Crippen LogP contribution in [0.1, 0.15) is 20.8 Å². The Labute approximate surface area is 164 Å². The van der Waals surface area contributed by atoms with E-state index in [1.54, 1.807) is 18.4 Å². The van der Waals surface area contributed by atoms with Crippen LogP contribution in [-0.4, -0.2) is 61.6 Å². The minimum Gasteiger partial charge on any atom is -0.495 e. The van der Waals surface area contributed by atoms with Crippen LogP contribution in [0.25, 0.3) is 10.1 Å². The van der Waals surface area contributed by atoms with Crippen LogP contribution < -0.4 is 4.74 Å². The molecule has 1 fully saturated rings. The number of hydrogen-bond donors (Lipinski definition) is 0. The predicted octanol–water partition coefficient (Wildman–Crippen LogP) is 4.12. The molecule has 0 N–H and O–H groups in total. The fourth-order valence-corrected chi connectivity index (χ4v) is 4.60. The van der Waals surface area contributed by atoms with Crippen molar-refractivity contribution in [3.05, 3.63) is 23.6 Å². The van der Waals surface area contributed by atoms with Gasteiger partial charge in [0.15, 0.2) is 0 Å². The second-order valence-electron chi connectivity index (χ2n) is 7.09. The van der Waals surface area contributed by atoms with Crippen LogP contribution in [0, 0.1) is 0 Å². The summed E-state index contributed by atoms with van der Waals surface area (Å²) < 4.78 is 13.7. The average molecular weight is 397 g/mol. The lowest BCUT2D eigenvalue weighted by Gasteiger charge is -2.31. The lowest BCUT2D eigenvalue weighted by molar-refractivity contribution is -0.138. The van der Waals surface area contributed by atoms with E-state index in [2.05, 4.69) is 38.5 Å². The lowest BCUT2D eigenvalue weighted by Crippen LogP contribution is -2.40. The van der Waals surface area contributed by atoms with E-state index in [0.717, 1.165) is 31.9 Å². The van der Waals surface area contributed by atoms with E-state index in [9.17, 15) is 4.79 Å². The lowest BCUT2D eigenvalue weighted by atomic mass is 10.2. The van der Waals surface area contributed by atoms with Gasteiger partial charge in [-0.05, 0) is 45.8 Å². The fourth-order valence-electron chi connectivity index (χ4n) is 2.40. The molecule has 2 heterocycles. The van der Waals surface area contributed by atoms with E-state index in [4.69, 9.17) is 4.74 Å². The van der Waals surface area contributed by atoms with E-state index >= 15 is 0 Å². The van der Waals surface area contributed by atoms with Crippen molar-refractivity contribution in [2.75, 3.05) is 40.3 Å². The Morgan fingerprint density at radius 3 is 2.42 bits per heavy atom. The number of benzene rings is 1. The third kappa shape index (κ3) is 6.16. The average Bonchev–Trinajstić information content (AvgIpc) is 2.99. The quantitative estimate of drug-likeness (QED) is 0.572. The van der Waals surface area contributed by atoms with Gasteiger partial charge in [-0.15, -0.1) is 11.3 Å². The number of nitrogens with zero attached hydrogens (tertiary/aromatic N) is 2. The number of thiophene rings is 1. The standard InChI is InChI=1S/C14H18N2OS2.C5H10O2/c1-15-6-8-16(9-7-15)19-13-10-18-14-11(13)4-3-5-12(14)17-2;1-5(2,3)7-4-6/h3-5,10H,6-9H2,1-2H3;4H,1-3H3. The highest BCUT2D eigenvalue weighted by molar-refractivity contribution is 7.97. The van der Waals surface area contributed by atoms with Gasteiger partial charge in [0.1, 0.15) is 11.4 Å². The molecule has 1 aliphatic rings. The summed E-state index contributed by atoms with van der Waals surface area (Å²) in [4.78, 5) is 13.3. The molecule has 144 valence electrons. The number of fused-ring (bicyclic) bond motifs is 1. The molecular weight excluding hydrogens is 368 g/mol. The van der Waals surface area contributed by atoms with Gasteiger partial charge in [-0.25, -0.2) is 4.31 Å². The smallest absolute Gasteiger partial charge is 0.293 e. The second-order valence-corrected chi connectivity index (χ2v) is 9.11. The van der Waals surface area contributed by atoms with Crippen molar-refractivity contribution in [3.8, 4) is 5.75 Å². The topological polar surface area (TPSA) is 42.0 Å². The molecule has 0 atom stereocenters. The molecule has 0 bridgehead atoms. The first kappa shape index (κ1) is 21.0. The number of carbonyl (C=O) groups is 1.